The van der Waals surface area contributed by atoms with Crippen LogP contribution in [-0.4, -0.2) is 54.3 Å². The van der Waals surface area contributed by atoms with Crippen LogP contribution in [0, 0.1) is 17.3 Å². The fourth-order valence-electron chi connectivity index (χ4n) is 6.13. The highest BCUT2D eigenvalue weighted by Gasteiger charge is 2.67. The second-order valence-electron chi connectivity index (χ2n) is 10.4. The summed E-state index contributed by atoms with van der Waals surface area (Å²) < 4.78 is 18.0. The number of nitrogens with zero attached hydrogens (tertiary/aromatic N) is 1. The van der Waals surface area contributed by atoms with E-state index in [-0.39, 0.29) is 23.6 Å². The van der Waals surface area contributed by atoms with Gasteiger partial charge in [-0.15, -0.1) is 0 Å². The minimum Gasteiger partial charge on any atom is -0.416 e. The van der Waals surface area contributed by atoms with Crippen LogP contribution in [0.4, 0.5) is 4.79 Å². The van der Waals surface area contributed by atoms with Crippen LogP contribution in [0.25, 0.3) is 0 Å². The molecule has 6 atom stereocenters. The van der Waals surface area contributed by atoms with Gasteiger partial charge in [-0.3, -0.25) is 4.79 Å². The van der Waals surface area contributed by atoms with Crippen LogP contribution in [-0.2, 0) is 18.8 Å². The molecule has 2 bridgehead atoms. The first-order valence-corrected chi connectivity index (χ1v) is 11.3. The number of rotatable bonds is 5. The minimum atomic E-state index is -0.646. The van der Waals surface area contributed by atoms with Crippen molar-refractivity contribution in [1.82, 2.24) is 10.2 Å². The number of amides is 2. The number of nitrogens with one attached hydrogen (secondary N) is 1. The molecule has 166 valence electrons. The maximum atomic E-state index is 13.3. The molecule has 5 unspecified atom stereocenters. The lowest BCUT2D eigenvalue weighted by Crippen LogP contribution is -2.63. The van der Waals surface area contributed by atoms with Crippen LogP contribution >= 0.6 is 0 Å². The van der Waals surface area contributed by atoms with E-state index in [0.717, 1.165) is 19.3 Å². The molecule has 0 spiro atoms. The monoisotopic (exact) mass is 418 g/mol. The lowest BCUT2D eigenvalue weighted by atomic mass is 9.45. The quantitative estimate of drug-likeness (QED) is 0.548. The summed E-state index contributed by atoms with van der Waals surface area (Å²) in [6, 6.07) is -0.636. The van der Waals surface area contributed by atoms with Crippen molar-refractivity contribution in [2.75, 3.05) is 6.54 Å². The van der Waals surface area contributed by atoms with Gasteiger partial charge in [-0.05, 0) is 63.2 Å². The van der Waals surface area contributed by atoms with Crippen molar-refractivity contribution in [2.24, 2.45) is 17.3 Å². The van der Waals surface area contributed by atoms with E-state index in [1.807, 2.05) is 11.8 Å². The Bertz CT molecular complexity index is 743. The summed E-state index contributed by atoms with van der Waals surface area (Å²) in [5.41, 5.74) is 0.0350. The van der Waals surface area contributed by atoms with Crippen LogP contribution < -0.4 is 5.32 Å². The number of ether oxygens (including phenoxy) is 1. The zero-order valence-electron chi connectivity index (χ0n) is 18.9. The Morgan fingerprint density at radius 3 is 2.73 bits per heavy atom. The number of carbonyl (C=O) groups excluding carboxylic acids is 2. The molecule has 3 saturated carbocycles. The number of likely N-dealkylation sites (tertiary alicyclic amines) is 1. The van der Waals surface area contributed by atoms with Gasteiger partial charge in [-0.25, -0.2) is 4.79 Å². The van der Waals surface area contributed by atoms with Crippen LogP contribution in [0.5, 0.6) is 0 Å². The van der Waals surface area contributed by atoms with E-state index < -0.39 is 19.3 Å². The zero-order valence-corrected chi connectivity index (χ0v) is 18.9. The Morgan fingerprint density at radius 2 is 2.10 bits per heavy atom. The van der Waals surface area contributed by atoms with Gasteiger partial charge in [0.1, 0.15) is 6.04 Å². The van der Waals surface area contributed by atoms with Gasteiger partial charge in [0, 0.05) is 6.54 Å². The highest BCUT2D eigenvalue weighted by molar-refractivity contribution is 6.48. The molecule has 3 aliphatic carbocycles. The Balaban J connectivity index is 1.44. The van der Waals surface area contributed by atoms with E-state index in [1.54, 1.807) is 6.92 Å². The van der Waals surface area contributed by atoms with Gasteiger partial charge in [-0.2, -0.15) is 0 Å². The molecule has 2 saturated heterocycles. The number of alkyl carbamates (subject to hydrolysis) is 1. The molecule has 0 aromatic rings. The summed E-state index contributed by atoms with van der Waals surface area (Å²) in [6.45, 7) is 14.6. The van der Waals surface area contributed by atoms with Crippen molar-refractivity contribution < 1.29 is 23.6 Å². The van der Waals surface area contributed by atoms with E-state index in [1.165, 1.54) is 6.42 Å². The molecule has 5 fully saturated rings. The number of hydrogen-bond donors (Lipinski definition) is 1. The third-order valence-corrected chi connectivity index (χ3v) is 7.99. The first-order chi connectivity index (χ1) is 14.1. The summed E-state index contributed by atoms with van der Waals surface area (Å²) in [4.78, 5) is 27.1. The average Bonchev–Trinajstić information content (AvgIpc) is 3.28. The van der Waals surface area contributed by atoms with Gasteiger partial charge in [0.2, 0.25) is 5.91 Å². The van der Waals surface area contributed by atoms with E-state index in [4.69, 9.17) is 14.0 Å². The number of carbonyl (C=O) groups is 2. The maximum Gasteiger partial charge on any atom is 0.481 e. The molecule has 0 aromatic heterocycles. The largest absolute Gasteiger partial charge is 0.481 e. The van der Waals surface area contributed by atoms with Gasteiger partial charge in [-0.1, -0.05) is 27.4 Å². The van der Waals surface area contributed by atoms with Crippen molar-refractivity contribution >= 4 is 19.1 Å². The van der Waals surface area contributed by atoms with Gasteiger partial charge < -0.3 is 24.3 Å². The molecule has 5 aliphatic rings. The van der Waals surface area contributed by atoms with Crippen LogP contribution in [0.2, 0.25) is 0 Å². The minimum absolute atomic E-state index is 0.0886. The molecule has 0 radical (unpaired) electrons. The van der Waals surface area contributed by atoms with Gasteiger partial charge >= 0.3 is 13.2 Å². The molecule has 2 heterocycles. The van der Waals surface area contributed by atoms with Crippen molar-refractivity contribution in [2.45, 2.75) is 90.4 Å². The second-order valence-corrected chi connectivity index (χ2v) is 10.4. The Labute approximate surface area is 180 Å². The van der Waals surface area contributed by atoms with E-state index in [2.05, 4.69) is 32.7 Å². The Hall–Kier alpha value is -1.54. The lowest BCUT2D eigenvalue weighted by Gasteiger charge is -2.63. The number of hydrogen-bond acceptors (Lipinski definition) is 5. The van der Waals surface area contributed by atoms with Gasteiger partial charge in [0.25, 0.3) is 0 Å². The van der Waals surface area contributed by atoms with Gasteiger partial charge in [0.05, 0.1) is 23.4 Å². The first-order valence-electron chi connectivity index (χ1n) is 11.3. The summed E-state index contributed by atoms with van der Waals surface area (Å²) in [5.74, 6) is 1.27. The molecule has 2 amide bonds. The first kappa shape index (κ1) is 21.7. The zero-order chi connectivity index (χ0) is 21.8. The van der Waals surface area contributed by atoms with E-state index in [9.17, 15) is 9.59 Å². The smallest absolute Gasteiger partial charge is 0.416 e. The lowest BCUT2D eigenvalue weighted by molar-refractivity contribution is -0.185. The molecular weight excluding hydrogens is 383 g/mol. The second kappa shape index (κ2) is 7.55. The highest BCUT2D eigenvalue weighted by atomic mass is 16.7. The molecule has 2 aliphatic heterocycles. The van der Waals surface area contributed by atoms with Crippen LogP contribution in [0.3, 0.4) is 0 Å². The molecule has 7 nitrogen and oxygen atoms in total. The Morgan fingerprint density at radius 1 is 1.37 bits per heavy atom. The summed E-state index contributed by atoms with van der Waals surface area (Å²) >= 11 is 0. The third-order valence-electron chi connectivity index (χ3n) is 7.99. The topological polar surface area (TPSA) is 77.1 Å². The fraction of sp³-hybridized carbons (Fsp3) is 0.818. The van der Waals surface area contributed by atoms with Crippen LogP contribution in [0.15, 0.2) is 12.3 Å². The fourth-order valence-corrected chi connectivity index (χ4v) is 6.13. The molecule has 8 heteroatoms. The molecule has 30 heavy (non-hydrogen) atoms. The van der Waals surface area contributed by atoms with Gasteiger partial charge in [0.15, 0.2) is 0 Å². The highest BCUT2D eigenvalue weighted by Crippen LogP contribution is 2.64. The summed E-state index contributed by atoms with van der Waals surface area (Å²) in [5, 5.41) is 2.67. The van der Waals surface area contributed by atoms with Crippen molar-refractivity contribution in [1.29, 1.82) is 0 Å². The van der Waals surface area contributed by atoms with E-state index >= 15 is 0 Å². The molecular formula is C22H35BN2O5. The SMILES string of the molecule is C=C(C)OC(=O)NC(CC)C(=O)N1CCCC1B1OC2C3CC(C[C@]2(C)O1)C3(C)C. The maximum absolute atomic E-state index is 13.3. The number of allylic oxidation sites excluding steroid dienone is 1. The molecule has 5 rings (SSSR count). The van der Waals surface area contributed by atoms with E-state index in [0.29, 0.717) is 36.0 Å². The Kier molecular flexibility index (Phi) is 5.46. The molecule has 0 aromatic carbocycles. The predicted octanol–water partition coefficient (Wildman–Crippen LogP) is 3.28. The normalized spacial score (nSPS) is 37.2. The third kappa shape index (κ3) is 3.46. The predicted molar refractivity (Wildman–Crippen MR) is 113 cm³/mol. The molecule has 1 N–H and O–H groups in total. The van der Waals surface area contributed by atoms with Crippen LogP contribution in [0.1, 0.15) is 66.7 Å². The summed E-state index contributed by atoms with van der Waals surface area (Å²) in [7, 11) is -0.401. The van der Waals surface area contributed by atoms with Crippen molar-refractivity contribution in [3.63, 3.8) is 0 Å². The summed E-state index contributed by atoms with van der Waals surface area (Å²) in [6.07, 6.45) is 3.91. The van der Waals surface area contributed by atoms with Crippen molar-refractivity contribution in [3.05, 3.63) is 12.3 Å². The average molecular weight is 418 g/mol. The standard InChI is InChI=1S/C22H35BN2O5/c1-7-16(24-20(27)28-13(2)3)19(26)25-10-8-9-17(25)23-29-18-15-11-14(21(15,4)5)12-22(18,6)30-23/h14-18H,2,7-12H2,1,3-6H3,(H,24,27)/t14?,15?,16?,17?,18?,22-/m0/s1. The van der Waals surface area contributed by atoms with Crippen molar-refractivity contribution in [3.8, 4) is 0 Å².